The lowest BCUT2D eigenvalue weighted by Gasteiger charge is -2.13. The molecule has 0 saturated carbocycles. The van der Waals surface area contributed by atoms with E-state index < -0.39 is 9.84 Å². The molecule has 0 spiro atoms. The van der Waals surface area contributed by atoms with Crippen molar-refractivity contribution in [2.45, 2.75) is 26.4 Å². The molecule has 0 radical (unpaired) electrons. The summed E-state index contributed by atoms with van der Waals surface area (Å²) in [6.07, 6.45) is 5.02. The van der Waals surface area contributed by atoms with E-state index >= 15 is 0 Å². The van der Waals surface area contributed by atoms with Crippen LogP contribution in [0.1, 0.15) is 12.5 Å². The molecule has 1 atom stereocenters. The van der Waals surface area contributed by atoms with Crippen LogP contribution in [0.25, 0.3) is 0 Å². The Bertz CT molecular complexity index is 425. The second kappa shape index (κ2) is 5.45. The average Bonchev–Trinajstić information content (AvgIpc) is 2.48. The maximum atomic E-state index is 10.9. The van der Waals surface area contributed by atoms with Crippen LogP contribution in [-0.2, 0) is 16.4 Å². The van der Waals surface area contributed by atoms with Crippen LogP contribution in [0.5, 0.6) is 0 Å². The van der Waals surface area contributed by atoms with Gasteiger partial charge in [-0.3, -0.25) is 4.68 Å². The van der Waals surface area contributed by atoms with Gasteiger partial charge in [0.1, 0.15) is 9.84 Å². The van der Waals surface area contributed by atoms with Crippen LogP contribution in [0.2, 0.25) is 0 Å². The highest BCUT2D eigenvalue weighted by Crippen LogP contribution is 1.96. The zero-order valence-electron chi connectivity index (χ0n) is 9.97. The Morgan fingerprint density at radius 3 is 2.75 bits per heavy atom. The monoisotopic (exact) mass is 245 g/mol. The summed E-state index contributed by atoms with van der Waals surface area (Å²) < 4.78 is 23.7. The van der Waals surface area contributed by atoms with Crippen molar-refractivity contribution in [2.24, 2.45) is 0 Å². The first kappa shape index (κ1) is 13.2. The number of hydrogen-bond donors (Lipinski definition) is 1. The van der Waals surface area contributed by atoms with E-state index in [1.54, 1.807) is 0 Å². The summed E-state index contributed by atoms with van der Waals surface area (Å²) in [7, 11) is -2.87. The second-order valence-electron chi connectivity index (χ2n) is 4.22. The van der Waals surface area contributed by atoms with Crippen LogP contribution in [0.3, 0.4) is 0 Å². The molecule has 16 heavy (non-hydrogen) atoms. The van der Waals surface area contributed by atoms with Gasteiger partial charge < -0.3 is 5.32 Å². The molecule has 1 N–H and O–H groups in total. The first-order valence-electron chi connectivity index (χ1n) is 5.27. The molecule has 0 aliphatic carbocycles. The quantitative estimate of drug-likeness (QED) is 0.778. The molecule has 0 bridgehead atoms. The van der Waals surface area contributed by atoms with Crippen molar-refractivity contribution in [3.8, 4) is 0 Å². The van der Waals surface area contributed by atoms with E-state index in [4.69, 9.17) is 0 Å². The van der Waals surface area contributed by atoms with Crippen molar-refractivity contribution in [3.05, 3.63) is 18.0 Å². The van der Waals surface area contributed by atoms with Crippen LogP contribution in [-0.4, -0.2) is 42.8 Å². The summed E-state index contributed by atoms with van der Waals surface area (Å²) in [5, 5.41) is 7.33. The van der Waals surface area contributed by atoms with E-state index in [1.165, 1.54) is 6.26 Å². The highest BCUT2D eigenvalue weighted by Gasteiger charge is 2.06. The number of sulfone groups is 1. The Labute approximate surface area is 96.8 Å². The molecule has 0 fully saturated rings. The molecule has 1 unspecified atom stereocenters. The van der Waals surface area contributed by atoms with Gasteiger partial charge in [0.05, 0.1) is 18.5 Å². The van der Waals surface area contributed by atoms with E-state index in [0.29, 0.717) is 6.54 Å². The third-order valence-corrected chi connectivity index (χ3v) is 3.13. The Morgan fingerprint density at radius 2 is 2.25 bits per heavy atom. The smallest absolute Gasteiger partial charge is 0.148 e. The molecule has 0 amide bonds. The van der Waals surface area contributed by atoms with Gasteiger partial charge in [0.25, 0.3) is 0 Å². The molecular weight excluding hydrogens is 226 g/mol. The normalized spacial score (nSPS) is 13.9. The van der Waals surface area contributed by atoms with Gasteiger partial charge >= 0.3 is 0 Å². The minimum Gasteiger partial charge on any atom is -0.311 e. The van der Waals surface area contributed by atoms with E-state index in [0.717, 1.165) is 12.1 Å². The Morgan fingerprint density at radius 1 is 1.56 bits per heavy atom. The summed E-state index contributed by atoms with van der Waals surface area (Å²) in [5.41, 5.74) is 1.13. The van der Waals surface area contributed by atoms with Crippen LogP contribution < -0.4 is 5.32 Å². The van der Waals surface area contributed by atoms with Crippen molar-refractivity contribution in [3.63, 3.8) is 0 Å². The van der Waals surface area contributed by atoms with Crippen LogP contribution in [0.4, 0.5) is 0 Å². The van der Waals surface area contributed by atoms with Gasteiger partial charge in [0.15, 0.2) is 0 Å². The van der Waals surface area contributed by atoms with Gasteiger partial charge in [-0.15, -0.1) is 0 Å². The fourth-order valence-electron chi connectivity index (χ4n) is 1.40. The third-order valence-electron chi connectivity index (χ3n) is 2.19. The lowest BCUT2D eigenvalue weighted by Crippen LogP contribution is -2.34. The summed E-state index contributed by atoms with van der Waals surface area (Å²) in [6.45, 7) is 5.24. The molecule has 0 aliphatic rings. The van der Waals surface area contributed by atoms with Crippen LogP contribution >= 0.6 is 0 Å². The Balaban J connectivity index is 2.29. The summed E-state index contributed by atoms with van der Waals surface area (Å²) >= 11 is 0. The summed E-state index contributed by atoms with van der Waals surface area (Å²) in [6, 6.07) is 0.209. The summed E-state index contributed by atoms with van der Waals surface area (Å²) in [4.78, 5) is 0. The molecule has 0 aliphatic heterocycles. The fourth-order valence-corrected chi connectivity index (χ4v) is 1.89. The number of nitrogens with one attached hydrogen (secondary N) is 1. The summed E-state index contributed by atoms with van der Waals surface area (Å²) in [5.74, 6) is 0.176. The standard InChI is InChI=1S/C10H19N3O2S/c1-9-6-12-13(7-9)8-10(2)11-4-5-16(3,14)15/h6-7,10-11H,4-5,8H2,1-3H3. The molecular formula is C10H19N3O2S. The molecule has 1 aromatic rings. The zero-order valence-corrected chi connectivity index (χ0v) is 10.8. The van der Waals surface area contributed by atoms with Crippen molar-refractivity contribution < 1.29 is 8.42 Å². The van der Waals surface area contributed by atoms with Crippen LogP contribution in [0, 0.1) is 6.92 Å². The van der Waals surface area contributed by atoms with Crippen molar-refractivity contribution in [1.82, 2.24) is 15.1 Å². The molecule has 5 nitrogen and oxygen atoms in total. The lowest BCUT2D eigenvalue weighted by atomic mass is 10.3. The van der Waals surface area contributed by atoms with E-state index in [-0.39, 0.29) is 11.8 Å². The van der Waals surface area contributed by atoms with Crippen molar-refractivity contribution >= 4 is 9.84 Å². The maximum absolute atomic E-state index is 10.9. The van der Waals surface area contributed by atoms with Gasteiger partial charge in [0, 0.05) is 25.0 Å². The van der Waals surface area contributed by atoms with E-state index in [9.17, 15) is 8.42 Å². The predicted octanol–water partition coefficient (Wildman–Crippen LogP) is 0.214. The minimum atomic E-state index is -2.87. The van der Waals surface area contributed by atoms with Gasteiger partial charge in [-0.1, -0.05) is 0 Å². The number of hydrogen-bond acceptors (Lipinski definition) is 4. The highest BCUT2D eigenvalue weighted by molar-refractivity contribution is 7.90. The largest absolute Gasteiger partial charge is 0.311 e. The third kappa shape index (κ3) is 5.27. The predicted molar refractivity (Wildman–Crippen MR) is 64.1 cm³/mol. The second-order valence-corrected chi connectivity index (χ2v) is 6.48. The maximum Gasteiger partial charge on any atom is 0.148 e. The average molecular weight is 245 g/mol. The lowest BCUT2D eigenvalue weighted by molar-refractivity contribution is 0.461. The Hall–Kier alpha value is -0.880. The molecule has 0 aromatic carbocycles. The number of rotatable bonds is 6. The molecule has 1 aromatic heterocycles. The molecule has 1 heterocycles. The van der Waals surface area contributed by atoms with E-state index in [2.05, 4.69) is 10.4 Å². The fraction of sp³-hybridized carbons (Fsp3) is 0.700. The highest BCUT2D eigenvalue weighted by atomic mass is 32.2. The van der Waals surface area contributed by atoms with Crippen molar-refractivity contribution in [2.75, 3.05) is 18.6 Å². The Kier molecular flexibility index (Phi) is 4.49. The first-order valence-corrected chi connectivity index (χ1v) is 7.33. The first-order chi connectivity index (χ1) is 7.37. The molecule has 1 rings (SSSR count). The SMILES string of the molecule is Cc1cnn(CC(C)NCCS(C)(=O)=O)c1. The zero-order chi connectivity index (χ0) is 12.2. The van der Waals surface area contributed by atoms with Gasteiger partial charge in [-0.2, -0.15) is 5.10 Å². The van der Waals surface area contributed by atoms with Gasteiger partial charge in [-0.05, 0) is 19.4 Å². The molecule has 92 valence electrons. The minimum absolute atomic E-state index is 0.176. The van der Waals surface area contributed by atoms with Crippen LogP contribution in [0.15, 0.2) is 12.4 Å². The number of aromatic nitrogens is 2. The number of aryl methyl sites for hydroxylation is 1. The topological polar surface area (TPSA) is 64.0 Å². The van der Waals surface area contributed by atoms with Gasteiger partial charge in [-0.25, -0.2) is 8.42 Å². The van der Waals surface area contributed by atoms with E-state index in [1.807, 2.05) is 30.9 Å². The van der Waals surface area contributed by atoms with Crippen molar-refractivity contribution in [1.29, 1.82) is 0 Å². The number of nitrogens with zero attached hydrogens (tertiary/aromatic N) is 2. The molecule has 6 heteroatoms. The molecule has 0 saturated heterocycles. The van der Waals surface area contributed by atoms with Gasteiger partial charge in [0.2, 0.25) is 0 Å².